The van der Waals surface area contributed by atoms with Gasteiger partial charge in [-0.05, 0) is 24.3 Å². The Bertz CT molecular complexity index is 116. The average Bonchev–Trinajstić information content (AvgIpc) is 2.03. The van der Waals surface area contributed by atoms with Gasteiger partial charge >= 0.3 is 0 Å². The summed E-state index contributed by atoms with van der Waals surface area (Å²) < 4.78 is 0. The van der Waals surface area contributed by atoms with E-state index in [1.807, 2.05) is 0 Å². The third kappa shape index (κ3) is 5.02. The highest BCUT2D eigenvalue weighted by atomic mass is 16.3. The molecule has 0 aliphatic carbocycles. The lowest BCUT2D eigenvalue weighted by molar-refractivity contribution is 0.319. The third-order valence-electron chi connectivity index (χ3n) is 2.00. The van der Waals surface area contributed by atoms with Crippen LogP contribution in [0.1, 0.15) is 40.0 Å². The first kappa shape index (κ1) is 10.7. The smallest absolute Gasteiger partial charge is 0.0641 e. The Morgan fingerprint density at radius 3 is 2.45 bits per heavy atom. The van der Waals surface area contributed by atoms with Crippen LogP contribution in [0.15, 0.2) is 11.6 Å². The van der Waals surface area contributed by atoms with Gasteiger partial charge in [0.1, 0.15) is 0 Å². The van der Waals surface area contributed by atoms with Crippen LogP contribution in [0.3, 0.4) is 0 Å². The minimum Gasteiger partial charge on any atom is -0.392 e. The van der Waals surface area contributed by atoms with Crippen molar-refractivity contribution in [2.75, 3.05) is 6.61 Å². The molecule has 0 saturated heterocycles. The molecule has 0 bridgehead atoms. The van der Waals surface area contributed by atoms with Crippen molar-refractivity contribution in [2.24, 2.45) is 5.92 Å². The van der Waals surface area contributed by atoms with Crippen LogP contribution in [0, 0.1) is 5.92 Å². The molecule has 0 fully saturated rings. The third-order valence-corrected chi connectivity index (χ3v) is 2.00. The lowest BCUT2D eigenvalue weighted by Gasteiger charge is -2.09. The van der Waals surface area contributed by atoms with Gasteiger partial charge in [-0.15, -0.1) is 0 Å². The second-order valence-corrected chi connectivity index (χ2v) is 3.15. The molecule has 0 aromatic heterocycles. The molecule has 0 amide bonds. The van der Waals surface area contributed by atoms with E-state index in [0.29, 0.717) is 5.92 Å². The SMILES string of the molecule is CC/C=C(/CO)C[C@@H](C)CC. The summed E-state index contributed by atoms with van der Waals surface area (Å²) in [5, 5.41) is 8.93. The van der Waals surface area contributed by atoms with E-state index < -0.39 is 0 Å². The number of allylic oxidation sites excluding steroid dienone is 1. The van der Waals surface area contributed by atoms with Crippen molar-refractivity contribution in [3.05, 3.63) is 11.6 Å². The highest BCUT2D eigenvalue weighted by Gasteiger charge is 2.01. The normalized spacial score (nSPS) is 15.1. The molecule has 0 rings (SSSR count). The van der Waals surface area contributed by atoms with E-state index in [-0.39, 0.29) is 6.61 Å². The average molecular weight is 156 g/mol. The van der Waals surface area contributed by atoms with E-state index in [4.69, 9.17) is 5.11 Å². The first-order valence-electron chi connectivity index (χ1n) is 4.53. The topological polar surface area (TPSA) is 20.2 Å². The predicted octanol–water partition coefficient (Wildman–Crippen LogP) is 2.75. The Balaban J connectivity index is 3.77. The number of aliphatic hydroxyl groups is 1. The highest BCUT2D eigenvalue weighted by Crippen LogP contribution is 2.14. The van der Waals surface area contributed by atoms with Crippen LogP contribution in [0.4, 0.5) is 0 Å². The van der Waals surface area contributed by atoms with Crippen molar-refractivity contribution in [3.8, 4) is 0 Å². The zero-order valence-electron chi connectivity index (χ0n) is 7.93. The van der Waals surface area contributed by atoms with Gasteiger partial charge in [-0.25, -0.2) is 0 Å². The minimum absolute atomic E-state index is 0.234. The molecule has 0 unspecified atom stereocenters. The van der Waals surface area contributed by atoms with Crippen LogP contribution >= 0.6 is 0 Å². The van der Waals surface area contributed by atoms with Crippen LogP contribution in [-0.4, -0.2) is 11.7 Å². The molecule has 0 aromatic rings. The van der Waals surface area contributed by atoms with Crippen molar-refractivity contribution in [2.45, 2.75) is 40.0 Å². The summed E-state index contributed by atoms with van der Waals surface area (Å²) in [5.74, 6) is 0.708. The summed E-state index contributed by atoms with van der Waals surface area (Å²) in [6.45, 7) is 6.75. The molecule has 0 heterocycles. The number of hydrogen-bond donors (Lipinski definition) is 1. The van der Waals surface area contributed by atoms with Crippen LogP contribution in [-0.2, 0) is 0 Å². The summed E-state index contributed by atoms with van der Waals surface area (Å²) in [6.07, 6.45) is 5.42. The maximum absolute atomic E-state index is 8.93. The standard InChI is InChI=1S/C10H20O/c1-4-6-10(8-11)7-9(3)5-2/h6,9,11H,4-5,7-8H2,1-3H3/b10-6+/t9-/m0/s1. The molecular formula is C10H20O. The van der Waals surface area contributed by atoms with Gasteiger partial charge in [-0.2, -0.15) is 0 Å². The summed E-state index contributed by atoms with van der Waals surface area (Å²) in [6, 6.07) is 0. The fourth-order valence-electron chi connectivity index (χ4n) is 1.09. The van der Waals surface area contributed by atoms with Crippen molar-refractivity contribution < 1.29 is 5.11 Å². The first-order chi connectivity index (χ1) is 5.24. The Kier molecular flexibility index (Phi) is 6.24. The second kappa shape index (κ2) is 6.41. The van der Waals surface area contributed by atoms with Crippen LogP contribution in [0.5, 0.6) is 0 Å². The van der Waals surface area contributed by atoms with E-state index in [9.17, 15) is 0 Å². The molecule has 1 N–H and O–H groups in total. The lowest BCUT2D eigenvalue weighted by atomic mass is 9.99. The van der Waals surface area contributed by atoms with Crippen molar-refractivity contribution in [1.29, 1.82) is 0 Å². The second-order valence-electron chi connectivity index (χ2n) is 3.15. The van der Waals surface area contributed by atoms with E-state index in [1.165, 1.54) is 12.0 Å². The van der Waals surface area contributed by atoms with Crippen molar-refractivity contribution in [1.82, 2.24) is 0 Å². The largest absolute Gasteiger partial charge is 0.392 e. The number of hydrogen-bond acceptors (Lipinski definition) is 1. The Labute approximate surface area is 70.1 Å². The Morgan fingerprint density at radius 1 is 1.45 bits per heavy atom. The van der Waals surface area contributed by atoms with Crippen molar-refractivity contribution >= 4 is 0 Å². The van der Waals surface area contributed by atoms with Gasteiger partial charge in [-0.3, -0.25) is 0 Å². The molecule has 66 valence electrons. The van der Waals surface area contributed by atoms with Gasteiger partial charge < -0.3 is 5.11 Å². The molecule has 1 heteroatoms. The van der Waals surface area contributed by atoms with Gasteiger partial charge in [0.25, 0.3) is 0 Å². The number of rotatable bonds is 5. The fourth-order valence-corrected chi connectivity index (χ4v) is 1.09. The molecule has 0 saturated carbocycles. The van der Waals surface area contributed by atoms with E-state index in [0.717, 1.165) is 12.8 Å². The molecule has 0 aliphatic rings. The molecule has 0 aliphatic heterocycles. The van der Waals surface area contributed by atoms with Crippen molar-refractivity contribution in [3.63, 3.8) is 0 Å². The van der Waals surface area contributed by atoms with Gasteiger partial charge in [0, 0.05) is 0 Å². The quantitative estimate of drug-likeness (QED) is 0.607. The summed E-state index contributed by atoms with van der Waals surface area (Å²) in [5.41, 5.74) is 1.20. The monoisotopic (exact) mass is 156 g/mol. The summed E-state index contributed by atoms with van der Waals surface area (Å²) in [7, 11) is 0. The van der Waals surface area contributed by atoms with E-state index >= 15 is 0 Å². The van der Waals surface area contributed by atoms with Crippen LogP contribution < -0.4 is 0 Å². The first-order valence-corrected chi connectivity index (χ1v) is 4.53. The fraction of sp³-hybridized carbons (Fsp3) is 0.800. The predicted molar refractivity (Wildman–Crippen MR) is 49.5 cm³/mol. The Hall–Kier alpha value is -0.300. The van der Waals surface area contributed by atoms with Gasteiger partial charge in [0.05, 0.1) is 6.61 Å². The summed E-state index contributed by atoms with van der Waals surface area (Å²) in [4.78, 5) is 0. The van der Waals surface area contributed by atoms with Gasteiger partial charge in [0.15, 0.2) is 0 Å². The minimum atomic E-state index is 0.234. The Morgan fingerprint density at radius 2 is 2.09 bits per heavy atom. The van der Waals surface area contributed by atoms with Gasteiger partial charge in [-0.1, -0.05) is 33.3 Å². The molecule has 1 nitrogen and oxygen atoms in total. The molecule has 0 radical (unpaired) electrons. The molecule has 0 aromatic carbocycles. The summed E-state index contributed by atoms with van der Waals surface area (Å²) >= 11 is 0. The molecule has 0 spiro atoms. The van der Waals surface area contributed by atoms with E-state index in [1.54, 1.807) is 0 Å². The van der Waals surface area contributed by atoms with Gasteiger partial charge in [0.2, 0.25) is 0 Å². The van der Waals surface area contributed by atoms with E-state index in [2.05, 4.69) is 26.8 Å². The maximum Gasteiger partial charge on any atom is 0.0641 e. The zero-order valence-corrected chi connectivity index (χ0v) is 7.93. The van der Waals surface area contributed by atoms with Crippen LogP contribution in [0.2, 0.25) is 0 Å². The molecular weight excluding hydrogens is 136 g/mol. The molecule has 11 heavy (non-hydrogen) atoms. The zero-order chi connectivity index (χ0) is 8.69. The lowest BCUT2D eigenvalue weighted by Crippen LogP contribution is -1.98. The highest BCUT2D eigenvalue weighted by molar-refractivity contribution is 5.02. The maximum atomic E-state index is 8.93. The molecule has 1 atom stereocenters. The number of aliphatic hydroxyl groups excluding tert-OH is 1. The van der Waals surface area contributed by atoms with Crippen LogP contribution in [0.25, 0.3) is 0 Å².